The summed E-state index contributed by atoms with van der Waals surface area (Å²) in [6, 6.07) is 13.4. The number of ether oxygens (including phenoxy) is 2. The van der Waals surface area contributed by atoms with Crippen molar-refractivity contribution in [3.05, 3.63) is 78.4 Å². The van der Waals surface area contributed by atoms with Gasteiger partial charge in [-0.25, -0.2) is 0 Å². The third-order valence-electron chi connectivity index (χ3n) is 4.82. The zero-order valence-electron chi connectivity index (χ0n) is 16.2. The van der Waals surface area contributed by atoms with Crippen LogP contribution in [0.1, 0.15) is 11.1 Å². The number of carbonyl (C=O) groups is 1. The highest BCUT2D eigenvalue weighted by atomic mass is 16.5. The highest BCUT2D eigenvalue weighted by Crippen LogP contribution is 2.17. The molecule has 0 aliphatic carbocycles. The van der Waals surface area contributed by atoms with Crippen molar-refractivity contribution >= 4 is 5.91 Å². The molecule has 0 bridgehead atoms. The first-order chi connectivity index (χ1) is 14.3. The molecule has 1 aliphatic rings. The first kappa shape index (κ1) is 19.1. The third kappa shape index (κ3) is 5.42. The number of nitrogens with zero attached hydrogens (tertiary/aromatic N) is 4. The summed E-state index contributed by atoms with van der Waals surface area (Å²) < 4.78 is 13.5. The zero-order chi connectivity index (χ0) is 19.9. The van der Waals surface area contributed by atoms with Gasteiger partial charge in [-0.05, 0) is 29.8 Å². The minimum absolute atomic E-state index is 0.0400. The molecule has 2 aromatic heterocycles. The van der Waals surface area contributed by atoms with E-state index in [4.69, 9.17) is 9.47 Å². The summed E-state index contributed by atoms with van der Waals surface area (Å²) in [5.74, 6) is 0.848. The Hall–Kier alpha value is -3.19. The van der Waals surface area contributed by atoms with Crippen molar-refractivity contribution in [2.75, 3.05) is 19.7 Å². The molecule has 1 atom stereocenters. The fourth-order valence-corrected chi connectivity index (χ4v) is 3.36. The van der Waals surface area contributed by atoms with E-state index in [1.165, 1.54) is 0 Å². The second kappa shape index (κ2) is 9.34. The van der Waals surface area contributed by atoms with Gasteiger partial charge in [0.2, 0.25) is 5.91 Å². The van der Waals surface area contributed by atoms with E-state index >= 15 is 0 Å². The number of morpholine rings is 1. The Balaban J connectivity index is 1.31. The smallest absolute Gasteiger partial charge is 0.227 e. The number of hydrogen-bond donors (Lipinski definition) is 0. The summed E-state index contributed by atoms with van der Waals surface area (Å²) in [5, 5.41) is 4.21. The highest BCUT2D eigenvalue weighted by Gasteiger charge is 2.24. The van der Waals surface area contributed by atoms with Gasteiger partial charge >= 0.3 is 0 Å². The summed E-state index contributed by atoms with van der Waals surface area (Å²) in [6.45, 7) is 2.84. The molecule has 0 spiro atoms. The quantitative estimate of drug-likeness (QED) is 0.617. The SMILES string of the molecule is O=C(Cc1cccc(OCc2cccnc2)c1)N1CCOC(Cn2cccn2)C1. The molecule has 7 heteroatoms. The maximum atomic E-state index is 12.8. The van der Waals surface area contributed by atoms with Crippen molar-refractivity contribution in [1.29, 1.82) is 0 Å². The Labute approximate surface area is 169 Å². The molecule has 3 aromatic rings. The van der Waals surface area contributed by atoms with Crippen LogP contribution in [-0.4, -0.2) is 51.4 Å². The Morgan fingerprint density at radius 3 is 2.93 bits per heavy atom. The molecule has 1 amide bonds. The predicted octanol–water partition coefficient (Wildman–Crippen LogP) is 2.33. The van der Waals surface area contributed by atoms with Crippen LogP contribution in [0, 0.1) is 0 Å². The first-order valence-corrected chi connectivity index (χ1v) is 9.74. The Morgan fingerprint density at radius 2 is 2.10 bits per heavy atom. The lowest BCUT2D eigenvalue weighted by Gasteiger charge is -2.33. The molecule has 7 nitrogen and oxygen atoms in total. The van der Waals surface area contributed by atoms with Crippen LogP contribution in [0.15, 0.2) is 67.3 Å². The van der Waals surface area contributed by atoms with Gasteiger partial charge in [-0.1, -0.05) is 18.2 Å². The molecule has 0 radical (unpaired) electrons. The van der Waals surface area contributed by atoms with Crippen LogP contribution in [0.3, 0.4) is 0 Å². The fraction of sp³-hybridized carbons (Fsp3) is 0.318. The average Bonchev–Trinajstić information content (AvgIpc) is 3.26. The average molecular weight is 392 g/mol. The molecule has 0 N–H and O–H groups in total. The maximum absolute atomic E-state index is 12.8. The standard InChI is InChI=1S/C22H24N4O3/c27-22(25-10-11-28-21(15-25)16-26-9-3-8-24-26)13-18-4-1-6-20(12-18)29-17-19-5-2-7-23-14-19/h1-9,12,14,21H,10-11,13,15-17H2. The van der Waals surface area contributed by atoms with Gasteiger partial charge in [-0.2, -0.15) is 5.10 Å². The molecular weight excluding hydrogens is 368 g/mol. The van der Waals surface area contributed by atoms with Gasteiger partial charge in [-0.3, -0.25) is 14.5 Å². The van der Waals surface area contributed by atoms with Crippen LogP contribution in [0.5, 0.6) is 5.75 Å². The molecule has 4 rings (SSSR count). The monoisotopic (exact) mass is 392 g/mol. The zero-order valence-corrected chi connectivity index (χ0v) is 16.2. The minimum atomic E-state index is -0.0400. The summed E-state index contributed by atoms with van der Waals surface area (Å²) in [7, 11) is 0. The van der Waals surface area contributed by atoms with E-state index in [0.29, 0.717) is 39.3 Å². The second-order valence-corrected chi connectivity index (χ2v) is 7.03. The topological polar surface area (TPSA) is 69.5 Å². The van der Waals surface area contributed by atoms with Gasteiger partial charge in [0.25, 0.3) is 0 Å². The normalized spacial score (nSPS) is 16.6. The van der Waals surface area contributed by atoms with E-state index in [1.807, 2.05) is 58.2 Å². The van der Waals surface area contributed by atoms with Crippen LogP contribution in [-0.2, 0) is 29.1 Å². The van der Waals surface area contributed by atoms with Crippen molar-refractivity contribution in [3.8, 4) is 5.75 Å². The molecule has 150 valence electrons. The van der Waals surface area contributed by atoms with Crippen molar-refractivity contribution in [3.63, 3.8) is 0 Å². The molecular formula is C22H24N4O3. The lowest BCUT2D eigenvalue weighted by molar-refractivity contribution is -0.138. The molecule has 1 aliphatic heterocycles. The number of hydrogen-bond acceptors (Lipinski definition) is 5. The van der Waals surface area contributed by atoms with Gasteiger partial charge in [0.05, 0.1) is 25.7 Å². The molecule has 1 fully saturated rings. The van der Waals surface area contributed by atoms with Crippen molar-refractivity contribution in [2.24, 2.45) is 0 Å². The van der Waals surface area contributed by atoms with Gasteiger partial charge < -0.3 is 14.4 Å². The number of pyridine rings is 1. The summed E-state index contributed by atoms with van der Waals surface area (Å²) in [4.78, 5) is 18.8. The van der Waals surface area contributed by atoms with Crippen LogP contribution in [0.2, 0.25) is 0 Å². The fourth-order valence-electron chi connectivity index (χ4n) is 3.36. The van der Waals surface area contributed by atoms with Crippen molar-refractivity contribution in [1.82, 2.24) is 19.7 Å². The molecule has 1 aromatic carbocycles. The summed E-state index contributed by atoms with van der Waals surface area (Å²) in [6.07, 6.45) is 7.48. The van der Waals surface area contributed by atoms with Crippen LogP contribution >= 0.6 is 0 Å². The Kier molecular flexibility index (Phi) is 6.16. The van der Waals surface area contributed by atoms with E-state index in [2.05, 4.69) is 10.1 Å². The Bertz CT molecular complexity index is 915. The van der Waals surface area contributed by atoms with E-state index in [-0.39, 0.29) is 12.0 Å². The first-order valence-electron chi connectivity index (χ1n) is 9.74. The van der Waals surface area contributed by atoms with E-state index in [9.17, 15) is 4.79 Å². The van der Waals surface area contributed by atoms with E-state index in [1.54, 1.807) is 18.6 Å². The van der Waals surface area contributed by atoms with Crippen LogP contribution in [0.4, 0.5) is 0 Å². The number of rotatable bonds is 7. The number of aromatic nitrogens is 3. The maximum Gasteiger partial charge on any atom is 0.227 e. The van der Waals surface area contributed by atoms with Gasteiger partial charge in [0.15, 0.2) is 0 Å². The summed E-state index contributed by atoms with van der Waals surface area (Å²) in [5.41, 5.74) is 1.94. The molecule has 29 heavy (non-hydrogen) atoms. The largest absolute Gasteiger partial charge is 0.489 e. The predicted molar refractivity (Wildman–Crippen MR) is 107 cm³/mol. The minimum Gasteiger partial charge on any atom is -0.489 e. The molecule has 3 heterocycles. The van der Waals surface area contributed by atoms with Crippen molar-refractivity contribution < 1.29 is 14.3 Å². The van der Waals surface area contributed by atoms with Gasteiger partial charge in [-0.15, -0.1) is 0 Å². The van der Waals surface area contributed by atoms with Crippen molar-refractivity contribution in [2.45, 2.75) is 25.7 Å². The van der Waals surface area contributed by atoms with E-state index < -0.39 is 0 Å². The second-order valence-electron chi connectivity index (χ2n) is 7.03. The Morgan fingerprint density at radius 1 is 1.17 bits per heavy atom. The highest BCUT2D eigenvalue weighted by molar-refractivity contribution is 5.79. The number of carbonyl (C=O) groups excluding carboxylic acids is 1. The third-order valence-corrected chi connectivity index (χ3v) is 4.82. The summed E-state index contributed by atoms with van der Waals surface area (Å²) >= 11 is 0. The molecule has 0 saturated carbocycles. The van der Waals surface area contributed by atoms with E-state index in [0.717, 1.165) is 16.9 Å². The van der Waals surface area contributed by atoms with Crippen LogP contribution < -0.4 is 4.74 Å². The van der Waals surface area contributed by atoms with Gasteiger partial charge in [0.1, 0.15) is 12.4 Å². The molecule has 1 saturated heterocycles. The number of benzene rings is 1. The lowest BCUT2D eigenvalue weighted by atomic mass is 10.1. The van der Waals surface area contributed by atoms with Crippen LogP contribution in [0.25, 0.3) is 0 Å². The number of amides is 1. The molecule has 1 unspecified atom stereocenters. The lowest BCUT2D eigenvalue weighted by Crippen LogP contribution is -2.47. The van der Waals surface area contributed by atoms with Gasteiger partial charge in [0, 0.05) is 43.4 Å².